The van der Waals surface area contributed by atoms with Crippen LogP contribution in [-0.2, 0) is 6.42 Å². The van der Waals surface area contributed by atoms with E-state index in [0.717, 1.165) is 49.1 Å². The van der Waals surface area contributed by atoms with Gasteiger partial charge in [0.25, 0.3) is 11.8 Å². The molecule has 146 valence electrons. The summed E-state index contributed by atoms with van der Waals surface area (Å²) in [6.07, 6.45) is 5.00. The molecule has 2 N–H and O–H groups in total. The second-order valence-electron chi connectivity index (χ2n) is 7.88. The second kappa shape index (κ2) is 6.96. The summed E-state index contributed by atoms with van der Waals surface area (Å²) in [5.41, 5.74) is 3.20. The van der Waals surface area contributed by atoms with Gasteiger partial charge in [-0.1, -0.05) is 12.1 Å². The smallest absolute Gasteiger partial charge is 0.271 e. The van der Waals surface area contributed by atoms with Crippen molar-refractivity contribution in [3.05, 3.63) is 46.8 Å². The van der Waals surface area contributed by atoms with Gasteiger partial charge in [-0.2, -0.15) is 5.10 Å². The van der Waals surface area contributed by atoms with Crippen LogP contribution in [0.4, 0.5) is 0 Å². The minimum atomic E-state index is -0.189. The van der Waals surface area contributed by atoms with E-state index in [9.17, 15) is 9.59 Å². The van der Waals surface area contributed by atoms with Crippen LogP contribution in [0.15, 0.2) is 24.3 Å². The van der Waals surface area contributed by atoms with Gasteiger partial charge in [-0.05, 0) is 43.4 Å². The Morgan fingerprint density at radius 1 is 1.29 bits per heavy atom. The Morgan fingerprint density at radius 2 is 2.18 bits per heavy atom. The maximum atomic E-state index is 13.1. The van der Waals surface area contributed by atoms with Gasteiger partial charge in [0.1, 0.15) is 11.4 Å². The first kappa shape index (κ1) is 17.3. The van der Waals surface area contributed by atoms with Crippen LogP contribution in [-0.4, -0.2) is 52.6 Å². The Balaban J connectivity index is 1.24. The van der Waals surface area contributed by atoms with Gasteiger partial charge < -0.3 is 15.0 Å². The number of likely N-dealkylation sites (tertiary alicyclic amines) is 1. The lowest BCUT2D eigenvalue weighted by molar-refractivity contribution is 0.0721. The van der Waals surface area contributed by atoms with Gasteiger partial charge in [0.05, 0.1) is 12.2 Å². The summed E-state index contributed by atoms with van der Waals surface area (Å²) in [6, 6.07) is 7.61. The quantitative estimate of drug-likeness (QED) is 0.833. The Kier molecular flexibility index (Phi) is 4.30. The predicted molar refractivity (Wildman–Crippen MR) is 103 cm³/mol. The fourth-order valence-corrected chi connectivity index (χ4v) is 4.21. The number of nitrogens with zero attached hydrogens (tertiary/aromatic N) is 2. The van der Waals surface area contributed by atoms with E-state index in [1.165, 1.54) is 0 Å². The number of fused-ring (bicyclic) bond motifs is 1. The fourth-order valence-electron chi connectivity index (χ4n) is 4.21. The minimum Gasteiger partial charge on any atom is -0.492 e. The van der Waals surface area contributed by atoms with Gasteiger partial charge in [0.15, 0.2) is 0 Å². The molecule has 7 heteroatoms. The van der Waals surface area contributed by atoms with Crippen molar-refractivity contribution < 1.29 is 14.3 Å². The SMILES string of the molecule is O=C(NCC1CCCN1C(=O)c1cccc2c1OCC2)c1cc(C2CC2)[nH]n1. The molecule has 0 radical (unpaired) electrons. The highest BCUT2D eigenvalue weighted by molar-refractivity contribution is 5.98. The number of aromatic amines is 1. The zero-order valence-electron chi connectivity index (χ0n) is 15.7. The van der Waals surface area contributed by atoms with Crippen molar-refractivity contribution in [1.82, 2.24) is 20.4 Å². The first-order valence-electron chi connectivity index (χ1n) is 10.1. The van der Waals surface area contributed by atoms with Crippen LogP contribution in [0.5, 0.6) is 5.75 Å². The van der Waals surface area contributed by atoms with Crippen molar-refractivity contribution in [1.29, 1.82) is 0 Å². The summed E-state index contributed by atoms with van der Waals surface area (Å²) in [6.45, 7) is 1.77. The van der Waals surface area contributed by atoms with E-state index in [0.29, 0.717) is 36.9 Å². The zero-order chi connectivity index (χ0) is 19.1. The van der Waals surface area contributed by atoms with Gasteiger partial charge in [-0.25, -0.2) is 0 Å². The molecule has 2 fully saturated rings. The average molecular weight is 380 g/mol. The average Bonchev–Trinajstić information content (AvgIpc) is 3.15. The molecule has 2 amide bonds. The molecule has 2 aliphatic heterocycles. The molecule has 1 atom stereocenters. The van der Waals surface area contributed by atoms with Gasteiger partial charge in [-0.3, -0.25) is 14.7 Å². The van der Waals surface area contributed by atoms with Crippen molar-refractivity contribution in [2.24, 2.45) is 0 Å². The van der Waals surface area contributed by atoms with E-state index in [1.54, 1.807) is 0 Å². The van der Waals surface area contributed by atoms with Crippen molar-refractivity contribution in [2.75, 3.05) is 19.7 Å². The molecule has 3 heterocycles. The first-order chi connectivity index (χ1) is 13.7. The topological polar surface area (TPSA) is 87.3 Å². The number of carbonyl (C=O) groups is 2. The number of carbonyl (C=O) groups excluding carboxylic acids is 2. The maximum absolute atomic E-state index is 13.1. The van der Waals surface area contributed by atoms with E-state index >= 15 is 0 Å². The number of ether oxygens (including phenoxy) is 1. The number of H-pyrrole nitrogens is 1. The summed E-state index contributed by atoms with van der Waals surface area (Å²) >= 11 is 0. The number of para-hydroxylation sites is 1. The molecule has 1 aromatic carbocycles. The molecule has 2 aromatic rings. The Labute approximate surface area is 163 Å². The van der Waals surface area contributed by atoms with Crippen LogP contribution < -0.4 is 10.1 Å². The van der Waals surface area contributed by atoms with Crippen LogP contribution in [0.2, 0.25) is 0 Å². The Hall–Kier alpha value is -2.83. The number of aromatic nitrogens is 2. The lowest BCUT2D eigenvalue weighted by Gasteiger charge is -2.25. The molecule has 0 bridgehead atoms. The normalized spacial score (nSPS) is 20.7. The van der Waals surface area contributed by atoms with Crippen molar-refractivity contribution in [3.63, 3.8) is 0 Å². The largest absolute Gasteiger partial charge is 0.492 e. The summed E-state index contributed by atoms with van der Waals surface area (Å²) < 4.78 is 5.70. The van der Waals surface area contributed by atoms with E-state index in [-0.39, 0.29) is 17.9 Å². The maximum Gasteiger partial charge on any atom is 0.271 e. The second-order valence-corrected chi connectivity index (χ2v) is 7.88. The Morgan fingerprint density at radius 3 is 3.04 bits per heavy atom. The van der Waals surface area contributed by atoms with Crippen LogP contribution in [0.3, 0.4) is 0 Å². The van der Waals surface area contributed by atoms with E-state index in [4.69, 9.17) is 4.74 Å². The monoisotopic (exact) mass is 380 g/mol. The summed E-state index contributed by atoms with van der Waals surface area (Å²) in [5, 5.41) is 10.0. The molecule has 1 aromatic heterocycles. The molecule has 1 aliphatic carbocycles. The van der Waals surface area contributed by atoms with E-state index < -0.39 is 0 Å². The molecule has 0 spiro atoms. The molecule has 5 rings (SSSR count). The lowest BCUT2D eigenvalue weighted by atomic mass is 10.1. The summed E-state index contributed by atoms with van der Waals surface area (Å²) in [7, 11) is 0. The number of benzene rings is 1. The van der Waals surface area contributed by atoms with Gasteiger partial charge >= 0.3 is 0 Å². The Bertz CT molecular complexity index is 918. The molecule has 28 heavy (non-hydrogen) atoms. The number of nitrogens with one attached hydrogen (secondary N) is 2. The third kappa shape index (κ3) is 3.15. The molecule has 7 nitrogen and oxygen atoms in total. The highest BCUT2D eigenvalue weighted by Gasteiger charge is 2.33. The number of amides is 2. The lowest BCUT2D eigenvalue weighted by Crippen LogP contribution is -2.43. The van der Waals surface area contributed by atoms with Crippen LogP contribution in [0.25, 0.3) is 0 Å². The molecule has 3 aliphatic rings. The molecular formula is C21H24N4O3. The molecule has 1 saturated carbocycles. The fraction of sp³-hybridized carbons (Fsp3) is 0.476. The van der Waals surface area contributed by atoms with Gasteiger partial charge in [0.2, 0.25) is 0 Å². The van der Waals surface area contributed by atoms with Gasteiger partial charge in [0, 0.05) is 37.2 Å². The first-order valence-corrected chi connectivity index (χ1v) is 10.1. The number of hydrogen-bond donors (Lipinski definition) is 2. The van der Waals surface area contributed by atoms with Crippen LogP contribution in [0.1, 0.15) is 63.7 Å². The molecule has 1 saturated heterocycles. The minimum absolute atomic E-state index is 0.00412. The highest BCUT2D eigenvalue weighted by atomic mass is 16.5. The zero-order valence-corrected chi connectivity index (χ0v) is 15.7. The molecule has 1 unspecified atom stereocenters. The van der Waals surface area contributed by atoms with E-state index in [1.807, 2.05) is 29.2 Å². The van der Waals surface area contributed by atoms with E-state index in [2.05, 4.69) is 15.5 Å². The van der Waals surface area contributed by atoms with Crippen molar-refractivity contribution in [3.8, 4) is 5.75 Å². The summed E-state index contributed by atoms with van der Waals surface area (Å²) in [5.74, 6) is 1.07. The molecular weight excluding hydrogens is 356 g/mol. The third-order valence-corrected chi connectivity index (χ3v) is 5.93. The number of rotatable bonds is 5. The highest BCUT2D eigenvalue weighted by Crippen LogP contribution is 2.39. The predicted octanol–water partition coefficient (Wildman–Crippen LogP) is 2.26. The van der Waals surface area contributed by atoms with Crippen LogP contribution in [0, 0.1) is 0 Å². The van der Waals surface area contributed by atoms with Crippen molar-refractivity contribution in [2.45, 2.75) is 44.1 Å². The number of hydrogen-bond acceptors (Lipinski definition) is 4. The van der Waals surface area contributed by atoms with Crippen molar-refractivity contribution >= 4 is 11.8 Å². The van der Waals surface area contributed by atoms with Crippen LogP contribution >= 0.6 is 0 Å². The summed E-state index contributed by atoms with van der Waals surface area (Å²) in [4.78, 5) is 27.4. The third-order valence-electron chi connectivity index (χ3n) is 5.93. The standard InChI is InChI=1S/C21H24N4O3/c26-20(18-11-17(23-24-18)13-6-7-13)22-12-15-4-2-9-25(15)21(27)16-5-1-3-14-8-10-28-19(14)16/h1,3,5,11,13,15H,2,4,6-10,12H2,(H,22,26)(H,23,24). The van der Waals surface area contributed by atoms with Gasteiger partial charge in [-0.15, -0.1) is 0 Å².